The van der Waals surface area contributed by atoms with Crippen molar-refractivity contribution in [3.05, 3.63) is 65.2 Å². The van der Waals surface area contributed by atoms with Crippen molar-refractivity contribution in [1.82, 2.24) is 5.01 Å². The van der Waals surface area contributed by atoms with Crippen LogP contribution in [0.3, 0.4) is 0 Å². The second-order valence-electron chi connectivity index (χ2n) is 6.67. The minimum Gasteiger partial charge on any atom is -0.293 e. The van der Waals surface area contributed by atoms with E-state index in [1.165, 1.54) is 5.56 Å². The molecular weight excluding hydrogens is 348 g/mol. The first kappa shape index (κ1) is 18.4. The summed E-state index contributed by atoms with van der Waals surface area (Å²) < 4.78 is 26.4. The van der Waals surface area contributed by atoms with Gasteiger partial charge in [0.15, 0.2) is 0 Å². The number of nitrogens with two attached hydrogens (primary N) is 1. The van der Waals surface area contributed by atoms with Crippen LogP contribution < -0.4 is 10.6 Å². The summed E-state index contributed by atoms with van der Waals surface area (Å²) in [5.74, 6) is 6.73. The third-order valence-corrected chi connectivity index (χ3v) is 6.09. The molecule has 0 aliphatic carbocycles. The molecule has 1 heterocycles. The van der Waals surface area contributed by atoms with Crippen LogP contribution in [0.2, 0.25) is 0 Å². The second-order valence-corrected chi connectivity index (χ2v) is 8.90. The van der Waals surface area contributed by atoms with Gasteiger partial charge in [-0.3, -0.25) is 14.7 Å². The van der Waals surface area contributed by atoms with Crippen LogP contribution in [-0.2, 0) is 16.4 Å². The molecule has 138 valence electrons. The monoisotopic (exact) mass is 372 g/mol. The fraction of sp³-hybridized carbons (Fsp3) is 0.316. The molecule has 0 amide bonds. The molecule has 2 aromatic rings. The number of sulfonamides is 1. The van der Waals surface area contributed by atoms with Crippen molar-refractivity contribution in [3.63, 3.8) is 0 Å². The lowest BCUT2D eigenvalue weighted by molar-refractivity contribution is 0.484. The first-order valence-corrected chi connectivity index (χ1v) is 10.2. The summed E-state index contributed by atoms with van der Waals surface area (Å²) in [4.78, 5) is 4.41. The maximum atomic E-state index is 11.9. The predicted octanol–water partition coefficient (Wildman–Crippen LogP) is 2.36. The van der Waals surface area contributed by atoms with Crippen LogP contribution in [0.15, 0.2) is 53.5 Å². The summed E-state index contributed by atoms with van der Waals surface area (Å²) in [5, 5.41) is 1.21. The predicted molar refractivity (Wildman–Crippen MR) is 106 cm³/mol. The fourth-order valence-corrected chi connectivity index (χ4v) is 3.40. The average Bonchev–Trinajstić information content (AvgIpc) is 3.03. The van der Waals surface area contributed by atoms with Gasteiger partial charge in [0.2, 0.25) is 10.0 Å². The molecule has 0 bridgehead atoms. The van der Waals surface area contributed by atoms with Crippen molar-refractivity contribution in [3.8, 4) is 0 Å². The van der Waals surface area contributed by atoms with Crippen molar-refractivity contribution in [2.75, 3.05) is 17.8 Å². The van der Waals surface area contributed by atoms with Gasteiger partial charge in [0.05, 0.1) is 18.3 Å². The van der Waals surface area contributed by atoms with Gasteiger partial charge < -0.3 is 0 Å². The molecule has 7 heteroatoms. The van der Waals surface area contributed by atoms with E-state index in [9.17, 15) is 8.42 Å². The van der Waals surface area contributed by atoms with Crippen molar-refractivity contribution < 1.29 is 8.42 Å². The standard InChI is InChI=1S/C19H24N4O2S/c1-14(2)26(24,25)22-18-9-5-16(6-10-18)13-15-3-7-17(8-4-15)19-21-11-12-23(19)20/h3-10,14,22H,11-13,20H2,1-2H3. The van der Waals surface area contributed by atoms with Gasteiger partial charge in [-0.1, -0.05) is 36.4 Å². The Bertz CT molecular complexity index is 888. The molecule has 2 aromatic carbocycles. The molecule has 0 fully saturated rings. The second kappa shape index (κ2) is 7.47. The van der Waals surface area contributed by atoms with E-state index >= 15 is 0 Å². The topological polar surface area (TPSA) is 87.8 Å². The number of anilines is 1. The van der Waals surface area contributed by atoms with Crippen LogP contribution in [0.25, 0.3) is 0 Å². The molecule has 0 aromatic heterocycles. The Labute approximate surface area is 154 Å². The smallest absolute Gasteiger partial charge is 0.235 e. The fourth-order valence-electron chi connectivity index (χ4n) is 2.70. The molecule has 1 aliphatic heterocycles. The van der Waals surface area contributed by atoms with Gasteiger partial charge in [-0.15, -0.1) is 0 Å². The molecule has 0 saturated carbocycles. The Morgan fingerprint density at radius 3 is 2.15 bits per heavy atom. The molecule has 0 unspecified atom stereocenters. The average molecular weight is 372 g/mol. The summed E-state index contributed by atoms with van der Waals surface area (Å²) in [7, 11) is -3.32. The van der Waals surface area contributed by atoms with Crippen molar-refractivity contribution >= 4 is 21.5 Å². The lowest BCUT2D eigenvalue weighted by Crippen LogP contribution is -2.34. The van der Waals surface area contributed by atoms with Gasteiger partial charge in [-0.25, -0.2) is 14.3 Å². The van der Waals surface area contributed by atoms with Gasteiger partial charge in [0.1, 0.15) is 5.84 Å². The van der Waals surface area contributed by atoms with Crippen LogP contribution in [-0.4, -0.2) is 37.6 Å². The Hall–Kier alpha value is -2.38. The van der Waals surface area contributed by atoms with E-state index in [-0.39, 0.29) is 0 Å². The number of nitrogens with one attached hydrogen (secondary N) is 1. The third kappa shape index (κ3) is 4.23. The Morgan fingerprint density at radius 2 is 1.65 bits per heavy atom. The Balaban J connectivity index is 1.66. The third-order valence-electron chi connectivity index (χ3n) is 4.33. The first-order valence-electron chi connectivity index (χ1n) is 8.62. The molecule has 0 atom stereocenters. The largest absolute Gasteiger partial charge is 0.293 e. The number of nitrogens with zero attached hydrogens (tertiary/aromatic N) is 2. The quantitative estimate of drug-likeness (QED) is 0.762. The molecule has 0 spiro atoms. The number of hydrogen-bond donors (Lipinski definition) is 2. The molecule has 0 saturated heterocycles. The molecule has 1 aliphatic rings. The van der Waals surface area contributed by atoms with E-state index in [1.807, 2.05) is 24.3 Å². The molecular formula is C19H24N4O2S. The van der Waals surface area contributed by atoms with E-state index in [2.05, 4.69) is 21.8 Å². The normalized spacial score (nSPS) is 14.6. The summed E-state index contributed by atoms with van der Waals surface area (Å²) in [6.45, 7) is 4.80. The van der Waals surface area contributed by atoms with Gasteiger partial charge in [-0.05, 0) is 43.5 Å². The number of rotatable bonds is 6. The van der Waals surface area contributed by atoms with E-state index in [4.69, 9.17) is 5.84 Å². The van der Waals surface area contributed by atoms with Crippen LogP contribution in [0.5, 0.6) is 0 Å². The first-order chi connectivity index (χ1) is 12.3. The lowest BCUT2D eigenvalue weighted by Gasteiger charge is -2.13. The van der Waals surface area contributed by atoms with E-state index in [0.29, 0.717) is 5.69 Å². The highest BCUT2D eigenvalue weighted by molar-refractivity contribution is 7.93. The molecule has 26 heavy (non-hydrogen) atoms. The van der Waals surface area contributed by atoms with Gasteiger partial charge in [-0.2, -0.15) is 0 Å². The zero-order valence-electron chi connectivity index (χ0n) is 15.0. The highest BCUT2D eigenvalue weighted by Crippen LogP contribution is 2.17. The zero-order chi connectivity index (χ0) is 18.7. The summed E-state index contributed by atoms with van der Waals surface area (Å²) in [6, 6.07) is 15.7. The maximum Gasteiger partial charge on any atom is 0.235 e. The van der Waals surface area contributed by atoms with E-state index < -0.39 is 15.3 Å². The highest BCUT2D eigenvalue weighted by atomic mass is 32.2. The maximum absolute atomic E-state index is 11.9. The molecule has 0 radical (unpaired) electrons. The number of amidine groups is 1. The van der Waals surface area contributed by atoms with Gasteiger partial charge in [0, 0.05) is 11.3 Å². The Kier molecular flexibility index (Phi) is 5.29. The van der Waals surface area contributed by atoms with Crippen molar-refractivity contribution in [2.24, 2.45) is 10.8 Å². The van der Waals surface area contributed by atoms with Crippen LogP contribution in [0, 0.1) is 0 Å². The Morgan fingerprint density at radius 1 is 1.08 bits per heavy atom. The van der Waals surface area contributed by atoms with Crippen LogP contribution in [0.4, 0.5) is 5.69 Å². The number of hydrazine groups is 1. The van der Waals surface area contributed by atoms with E-state index in [1.54, 1.807) is 31.0 Å². The highest BCUT2D eigenvalue weighted by Gasteiger charge is 2.16. The minimum absolute atomic E-state index is 0.463. The van der Waals surface area contributed by atoms with Gasteiger partial charge >= 0.3 is 0 Å². The number of hydrogen-bond acceptors (Lipinski definition) is 5. The lowest BCUT2D eigenvalue weighted by atomic mass is 10.0. The van der Waals surface area contributed by atoms with Crippen LogP contribution in [0.1, 0.15) is 30.5 Å². The van der Waals surface area contributed by atoms with E-state index in [0.717, 1.165) is 36.5 Å². The minimum atomic E-state index is -3.32. The summed E-state index contributed by atoms with van der Waals surface area (Å²) >= 11 is 0. The SMILES string of the molecule is CC(C)S(=O)(=O)Nc1ccc(Cc2ccc(C3=NCCN3N)cc2)cc1. The zero-order valence-corrected chi connectivity index (χ0v) is 15.8. The van der Waals surface area contributed by atoms with Gasteiger partial charge in [0.25, 0.3) is 0 Å². The number of benzene rings is 2. The van der Waals surface area contributed by atoms with Crippen molar-refractivity contribution in [1.29, 1.82) is 0 Å². The molecule has 6 nitrogen and oxygen atoms in total. The molecule has 3 rings (SSSR count). The number of aliphatic imine (C=N–C) groups is 1. The molecule has 3 N–H and O–H groups in total. The summed E-state index contributed by atoms with van der Waals surface area (Å²) in [6.07, 6.45) is 0.774. The van der Waals surface area contributed by atoms with Crippen molar-refractivity contribution in [2.45, 2.75) is 25.5 Å². The van der Waals surface area contributed by atoms with Crippen LogP contribution >= 0.6 is 0 Å². The summed E-state index contributed by atoms with van der Waals surface area (Å²) in [5.41, 5.74) is 3.89.